The molecule has 0 aliphatic rings. The Kier molecular flexibility index (Phi) is 5.75. The van der Waals surface area contributed by atoms with Gasteiger partial charge in [0.05, 0.1) is 17.4 Å². The molecule has 0 bridgehead atoms. The van der Waals surface area contributed by atoms with Gasteiger partial charge in [0.25, 0.3) is 5.91 Å². The van der Waals surface area contributed by atoms with E-state index in [-0.39, 0.29) is 24.0 Å². The second-order valence-corrected chi connectivity index (χ2v) is 5.80. The third-order valence-electron chi connectivity index (χ3n) is 3.73. The summed E-state index contributed by atoms with van der Waals surface area (Å²) in [5, 5.41) is 17.0. The maximum Gasteiger partial charge on any atom is 0.389 e. The molecule has 0 unspecified atom stereocenters. The lowest BCUT2D eigenvalue weighted by Gasteiger charge is -2.07. The highest BCUT2D eigenvalue weighted by atomic mass is 16.6. The van der Waals surface area contributed by atoms with Crippen LogP contribution in [-0.2, 0) is 17.9 Å². The van der Waals surface area contributed by atoms with Crippen LogP contribution in [-0.4, -0.2) is 26.6 Å². The van der Waals surface area contributed by atoms with Crippen molar-refractivity contribution in [3.05, 3.63) is 88.1 Å². The zero-order valence-corrected chi connectivity index (χ0v) is 14.6. The molecule has 142 valence electrons. The quantitative estimate of drug-likeness (QED) is 0.291. The number of nitrogens with zero attached hydrogens (tertiary/aromatic N) is 3. The van der Waals surface area contributed by atoms with Crippen LogP contribution in [0.1, 0.15) is 15.9 Å². The Morgan fingerprint density at radius 1 is 1.11 bits per heavy atom. The molecule has 0 spiro atoms. The molecule has 1 heterocycles. The van der Waals surface area contributed by atoms with Gasteiger partial charge in [-0.2, -0.15) is 4.68 Å². The maximum absolute atomic E-state index is 12.3. The smallest absolute Gasteiger partial charge is 0.389 e. The molecular weight excluding hydrogens is 364 g/mol. The molecule has 3 aromatic rings. The topological polar surface area (TPSA) is 116 Å². The van der Waals surface area contributed by atoms with Crippen molar-refractivity contribution in [1.29, 1.82) is 0 Å². The Balaban J connectivity index is 1.58. The van der Waals surface area contributed by atoms with Gasteiger partial charge < -0.3 is 20.2 Å². The van der Waals surface area contributed by atoms with Crippen molar-refractivity contribution in [2.45, 2.75) is 13.1 Å². The van der Waals surface area contributed by atoms with Gasteiger partial charge in [0.2, 0.25) is 0 Å². The zero-order chi connectivity index (χ0) is 19.9. The first-order valence-electron chi connectivity index (χ1n) is 8.32. The van der Waals surface area contributed by atoms with E-state index in [9.17, 15) is 19.7 Å². The van der Waals surface area contributed by atoms with Gasteiger partial charge in [-0.15, -0.1) is 0 Å². The van der Waals surface area contributed by atoms with Crippen molar-refractivity contribution >= 4 is 17.7 Å². The summed E-state index contributed by atoms with van der Waals surface area (Å²) in [6.07, 6.45) is 1.31. The third kappa shape index (κ3) is 5.01. The summed E-state index contributed by atoms with van der Waals surface area (Å²) < 4.78 is 6.30. The summed E-state index contributed by atoms with van der Waals surface area (Å²) in [6, 6.07) is 16.8. The SMILES string of the molecule is O=C(Cn1ccc([N+](=O)[O-])n1)Oc1cccc(C(=O)NCc2ccccc2)c1. The number of carbonyl (C=O) groups excluding carboxylic acids is 2. The summed E-state index contributed by atoms with van der Waals surface area (Å²) in [6.45, 7) is 0.0834. The predicted octanol–water partition coefficient (Wildman–Crippen LogP) is 2.33. The number of carbonyl (C=O) groups is 2. The zero-order valence-electron chi connectivity index (χ0n) is 14.6. The summed E-state index contributed by atoms with van der Waals surface area (Å²) in [7, 11) is 0. The molecular formula is C19H16N4O5. The molecule has 0 aliphatic carbocycles. The van der Waals surface area contributed by atoms with E-state index in [2.05, 4.69) is 10.4 Å². The number of hydrogen-bond donors (Lipinski definition) is 1. The van der Waals surface area contributed by atoms with E-state index in [1.165, 1.54) is 24.4 Å². The highest BCUT2D eigenvalue weighted by Gasteiger charge is 2.15. The molecule has 0 saturated carbocycles. The summed E-state index contributed by atoms with van der Waals surface area (Å²) in [4.78, 5) is 34.2. The molecule has 28 heavy (non-hydrogen) atoms. The molecule has 3 rings (SSSR count). The third-order valence-corrected chi connectivity index (χ3v) is 3.73. The van der Waals surface area contributed by atoms with E-state index in [4.69, 9.17) is 4.74 Å². The molecule has 1 aromatic heterocycles. The number of hydrogen-bond acceptors (Lipinski definition) is 6. The second-order valence-electron chi connectivity index (χ2n) is 5.80. The fraction of sp³-hybridized carbons (Fsp3) is 0.105. The molecule has 2 aromatic carbocycles. The lowest BCUT2D eigenvalue weighted by atomic mass is 10.2. The van der Waals surface area contributed by atoms with Gasteiger partial charge in [0.15, 0.2) is 6.54 Å². The van der Waals surface area contributed by atoms with Gasteiger partial charge >= 0.3 is 11.8 Å². The fourth-order valence-electron chi connectivity index (χ4n) is 2.41. The molecule has 0 saturated heterocycles. The van der Waals surface area contributed by atoms with Gasteiger partial charge in [0.1, 0.15) is 5.75 Å². The predicted molar refractivity (Wildman–Crippen MR) is 98.6 cm³/mol. The van der Waals surface area contributed by atoms with Crippen molar-refractivity contribution < 1.29 is 19.2 Å². The number of nitrogens with one attached hydrogen (secondary N) is 1. The Morgan fingerprint density at radius 2 is 1.89 bits per heavy atom. The van der Waals surface area contributed by atoms with Crippen LogP contribution in [0.3, 0.4) is 0 Å². The molecule has 1 N–H and O–H groups in total. The summed E-state index contributed by atoms with van der Waals surface area (Å²) >= 11 is 0. The van der Waals surface area contributed by atoms with Crippen LogP contribution in [0.15, 0.2) is 66.9 Å². The highest BCUT2D eigenvalue weighted by Crippen LogP contribution is 2.14. The van der Waals surface area contributed by atoms with Crippen molar-refractivity contribution in [2.75, 3.05) is 0 Å². The molecule has 9 nitrogen and oxygen atoms in total. The van der Waals surface area contributed by atoms with Crippen molar-refractivity contribution in [2.24, 2.45) is 0 Å². The summed E-state index contributed by atoms with van der Waals surface area (Å²) in [5.41, 5.74) is 1.31. The van der Waals surface area contributed by atoms with E-state index >= 15 is 0 Å². The van der Waals surface area contributed by atoms with Crippen LogP contribution < -0.4 is 10.1 Å². The Bertz CT molecular complexity index is 1000. The Hall–Kier alpha value is -4.01. The number of esters is 1. The Morgan fingerprint density at radius 3 is 2.61 bits per heavy atom. The van der Waals surface area contributed by atoms with Crippen LogP contribution in [0.2, 0.25) is 0 Å². The highest BCUT2D eigenvalue weighted by molar-refractivity contribution is 5.94. The first-order valence-corrected chi connectivity index (χ1v) is 8.32. The lowest BCUT2D eigenvalue weighted by Crippen LogP contribution is -2.23. The van der Waals surface area contributed by atoms with Gasteiger partial charge in [-0.05, 0) is 28.7 Å². The molecule has 1 amide bonds. The normalized spacial score (nSPS) is 10.3. The van der Waals surface area contributed by atoms with E-state index in [0.29, 0.717) is 12.1 Å². The molecule has 9 heteroatoms. The van der Waals surface area contributed by atoms with Gasteiger partial charge in [-0.3, -0.25) is 4.79 Å². The van der Waals surface area contributed by atoms with Crippen LogP contribution in [0.5, 0.6) is 5.75 Å². The van der Waals surface area contributed by atoms with Crippen LogP contribution in [0, 0.1) is 10.1 Å². The number of nitro groups is 1. The Labute approximate surface area is 159 Å². The minimum Gasteiger partial charge on any atom is -0.425 e. The van der Waals surface area contributed by atoms with Gasteiger partial charge in [0, 0.05) is 12.1 Å². The van der Waals surface area contributed by atoms with E-state index in [1.54, 1.807) is 12.1 Å². The standard InChI is InChI=1S/C19H16N4O5/c24-18(13-22-10-9-17(21-22)23(26)27)28-16-8-4-7-15(11-16)19(25)20-12-14-5-2-1-3-6-14/h1-11H,12-13H2,(H,20,25). The monoisotopic (exact) mass is 380 g/mol. The van der Waals surface area contributed by atoms with Crippen LogP contribution >= 0.6 is 0 Å². The van der Waals surface area contributed by atoms with E-state index in [0.717, 1.165) is 10.2 Å². The van der Waals surface area contributed by atoms with Crippen molar-refractivity contribution in [3.63, 3.8) is 0 Å². The molecule has 0 atom stereocenters. The maximum atomic E-state index is 12.3. The largest absolute Gasteiger partial charge is 0.425 e. The first-order chi connectivity index (χ1) is 13.5. The van der Waals surface area contributed by atoms with Crippen LogP contribution in [0.4, 0.5) is 5.82 Å². The first kappa shape index (κ1) is 18.8. The number of aromatic nitrogens is 2. The average molecular weight is 380 g/mol. The average Bonchev–Trinajstić information content (AvgIpc) is 3.16. The number of amides is 1. The van der Waals surface area contributed by atoms with E-state index in [1.807, 2.05) is 30.3 Å². The molecule has 0 aliphatic heterocycles. The fourth-order valence-corrected chi connectivity index (χ4v) is 2.41. The van der Waals surface area contributed by atoms with Gasteiger partial charge in [-0.1, -0.05) is 36.4 Å². The number of rotatable bonds is 7. The lowest BCUT2D eigenvalue weighted by molar-refractivity contribution is -0.389. The molecule has 0 radical (unpaired) electrons. The van der Waals surface area contributed by atoms with Gasteiger partial charge in [-0.25, -0.2) is 4.79 Å². The number of benzene rings is 2. The minimum atomic E-state index is -0.667. The second kappa shape index (κ2) is 8.58. The minimum absolute atomic E-state index is 0.194. The number of ether oxygens (including phenoxy) is 1. The van der Waals surface area contributed by atoms with Crippen LogP contribution in [0.25, 0.3) is 0 Å². The van der Waals surface area contributed by atoms with Crippen molar-refractivity contribution in [3.8, 4) is 5.75 Å². The van der Waals surface area contributed by atoms with Crippen molar-refractivity contribution in [1.82, 2.24) is 15.1 Å². The molecule has 0 fully saturated rings. The van der Waals surface area contributed by atoms with E-state index < -0.39 is 10.9 Å². The summed E-state index contributed by atoms with van der Waals surface area (Å²) in [5.74, 6) is -1.13.